The SMILES string of the molecule is C[C@@H](CC(C(=O)O)=C(C[C@H](C)NC(=O)C(C)(C)C)C(=O)O)NC(=O)C(C)(C)C. The number of hydrogen-bond acceptors (Lipinski definition) is 4. The van der Waals surface area contributed by atoms with E-state index in [-0.39, 0.29) is 35.8 Å². The summed E-state index contributed by atoms with van der Waals surface area (Å²) < 4.78 is 0. The third-order valence-corrected chi connectivity index (χ3v) is 4.02. The first-order chi connectivity index (χ1) is 12.5. The third kappa shape index (κ3) is 8.54. The second-order valence-electron chi connectivity index (χ2n) is 9.22. The molecule has 2 amide bonds. The van der Waals surface area contributed by atoms with Gasteiger partial charge >= 0.3 is 11.9 Å². The number of rotatable bonds is 8. The maximum Gasteiger partial charge on any atom is 0.332 e. The fraction of sp³-hybridized carbons (Fsp3) is 0.700. The van der Waals surface area contributed by atoms with Gasteiger partial charge in [-0.25, -0.2) is 9.59 Å². The molecular formula is C20H34N2O6. The summed E-state index contributed by atoms with van der Waals surface area (Å²) in [5.74, 6) is -3.23. The van der Waals surface area contributed by atoms with E-state index in [1.54, 1.807) is 55.4 Å². The lowest BCUT2D eigenvalue weighted by molar-refractivity contribution is -0.136. The van der Waals surface area contributed by atoms with Gasteiger partial charge in [0.25, 0.3) is 0 Å². The molecule has 0 saturated carbocycles. The van der Waals surface area contributed by atoms with Crippen LogP contribution in [0.4, 0.5) is 0 Å². The molecule has 0 aliphatic rings. The van der Waals surface area contributed by atoms with Gasteiger partial charge in [0, 0.05) is 46.9 Å². The van der Waals surface area contributed by atoms with Crippen LogP contribution < -0.4 is 10.6 Å². The van der Waals surface area contributed by atoms with E-state index < -0.39 is 34.9 Å². The van der Waals surface area contributed by atoms with Gasteiger partial charge in [-0.05, 0) is 13.8 Å². The van der Waals surface area contributed by atoms with E-state index in [0.717, 1.165) is 0 Å². The number of carbonyl (C=O) groups is 4. The van der Waals surface area contributed by atoms with Crippen molar-refractivity contribution >= 4 is 23.8 Å². The van der Waals surface area contributed by atoms with Crippen LogP contribution in [-0.4, -0.2) is 46.0 Å². The minimum absolute atomic E-state index is 0.140. The van der Waals surface area contributed by atoms with Crippen molar-refractivity contribution in [2.75, 3.05) is 0 Å². The smallest absolute Gasteiger partial charge is 0.332 e. The van der Waals surface area contributed by atoms with Gasteiger partial charge < -0.3 is 20.8 Å². The molecule has 8 nitrogen and oxygen atoms in total. The summed E-state index contributed by atoms with van der Waals surface area (Å²) in [4.78, 5) is 47.6. The fourth-order valence-electron chi connectivity index (χ4n) is 2.27. The predicted octanol–water partition coefficient (Wildman–Crippen LogP) is 2.33. The highest BCUT2D eigenvalue weighted by atomic mass is 16.4. The van der Waals surface area contributed by atoms with Gasteiger partial charge in [-0.2, -0.15) is 0 Å². The Morgan fingerprint density at radius 3 is 1.11 bits per heavy atom. The van der Waals surface area contributed by atoms with Gasteiger partial charge in [-0.1, -0.05) is 41.5 Å². The van der Waals surface area contributed by atoms with Crippen molar-refractivity contribution in [3.63, 3.8) is 0 Å². The molecule has 0 fully saturated rings. The number of aliphatic carboxylic acids is 2. The minimum Gasteiger partial charge on any atom is -0.478 e. The highest BCUT2D eigenvalue weighted by molar-refractivity contribution is 5.99. The molecule has 0 saturated heterocycles. The number of amides is 2. The first kappa shape index (κ1) is 25.6. The summed E-state index contributed by atoms with van der Waals surface area (Å²) in [6.07, 6.45) is -0.280. The van der Waals surface area contributed by atoms with Crippen LogP contribution in [0.15, 0.2) is 11.1 Å². The van der Waals surface area contributed by atoms with Gasteiger partial charge in [-0.15, -0.1) is 0 Å². The van der Waals surface area contributed by atoms with Crippen LogP contribution in [0.2, 0.25) is 0 Å². The average Bonchev–Trinajstić information content (AvgIpc) is 2.48. The Hall–Kier alpha value is -2.38. The van der Waals surface area contributed by atoms with Crippen LogP contribution >= 0.6 is 0 Å². The Morgan fingerprint density at radius 1 is 0.679 bits per heavy atom. The van der Waals surface area contributed by atoms with Crippen molar-refractivity contribution in [1.82, 2.24) is 10.6 Å². The Morgan fingerprint density at radius 2 is 0.929 bits per heavy atom. The third-order valence-electron chi connectivity index (χ3n) is 4.02. The Bertz CT molecular complexity index is 597. The topological polar surface area (TPSA) is 133 Å². The van der Waals surface area contributed by atoms with Crippen molar-refractivity contribution in [2.24, 2.45) is 10.8 Å². The Labute approximate surface area is 166 Å². The molecule has 0 aromatic carbocycles. The van der Waals surface area contributed by atoms with Crippen LogP contribution in [-0.2, 0) is 19.2 Å². The van der Waals surface area contributed by atoms with Crippen LogP contribution in [0, 0.1) is 10.8 Å². The summed E-state index contributed by atoms with van der Waals surface area (Å²) in [5.41, 5.74) is -1.87. The highest BCUT2D eigenvalue weighted by Gasteiger charge is 2.28. The molecule has 0 aliphatic heterocycles. The van der Waals surface area contributed by atoms with E-state index in [0.29, 0.717) is 0 Å². The van der Waals surface area contributed by atoms with Gasteiger partial charge in [0.1, 0.15) is 0 Å². The molecule has 0 rings (SSSR count). The maximum absolute atomic E-state index is 12.1. The molecule has 8 heteroatoms. The molecule has 0 aromatic rings. The van der Waals surface area contributed by atoms with Gasteiger partial charge in [0.15, 0.2) is 0 Å². The van der Waals surface area contributed by atoms with Gasteiger partial charge in [0.2, 0.25) is 11.8 Å². The quantitative estimate of drug-likeness (QED) is 0.464. The summed E-state index contributed by atoms with van der Waals surface area (Å²) in [5, 5.41) is 24.5. The zero-order valence-electron chi connectivity index (χ0n) is 18.1. The molecule has 0 aromatic heterocycles. The van der Waals surface area contributed by atoms with Crippen LogP contribution in [0.1, 0.15) is 68.2 Å². The molecule has 160 valence electrons. The molecular weight excluding hydrogens is 364 g/mol. The summed E-state index contributed by atoms with van der Waals surface area (Å²) in [7, 11) is 0. The largest absolute Gasteiger partial charge is 0.478 e. The van der Waals surface area contributed by atoms with E-state index in [4.69, 9.17) is 0 Å². The van der Waals surface area contributed by atoms with Crippen molar-refractivity contribution in [2.45, 2.75) is 80.3 Å². The predicted molar refractivity (Wildman–Crippen MR) is 106 cm³/mol. The molecule has 0 bridgehead atoms. The van der Waals surface area contributed by atoms with Crippen molar-refractivity contribution < 1.29 is 29.4 Å². The molecule has 0 heterocycles. The normalized spacial score (nSPS) is 15.1. The average molecular weight is 399 g/mol. The van der Waals surface area contributed by atoms with Gasteiger partial charge in [0.05, 0.1) is 0 Å². The summed E-state index contributed by atoms with van der Waals surface area (Å²) in [6.45, 7) is 13.6. The number of carbonyl (C=O) groups excluding carboxylic acids is 2. The lowest BCUT2D eigenvalue weighted by Crippen LogP contribution is -2.42. The van der Waals surface area contributed by atoms with Crippen molar-refractivity contribution in [3.8, 4) is 0 Å². The monoisotopic (exact) mass is 398 g/mol. The summed E-state index contributed by atoms with van der Waals surface area (Å²) >= 11 is 0. The Balaban J connectivity index is 5.53. The molecule has 2 atom stereocenters. The van der Waals surface area contributed by atoms with E-state index >= 15 is 0 Å². The Kier molecular flexibility index (Phi) is 8.88. The molecule has 28 heavy (non-hydrogen) atoms. The van der Waals surface area contributed by atoms with E-state index in [1.165, 1.54) is 0 Å². The highest BCUT2D eigenvalue weighted by Crippen LogP contribution is 2.20. The first-order valence-electron chi connectivity index (χ1n) is 9.27. The number of nitrogens with one attached hydrogen (secondary N) is 2. The zero-order valence-corrected chi connectivity index (χ0v) is 18.1. The molecule has 0 aliphatic carbocycles. The first-order valence-corrected chi connectivity index (χ1v) is 9.27. The van der Waals surface area contributed by atoms with Crippen LogP contribution in [0.3, 0.4) is 0 Å². The maximum atomic E-state index is 12.1. The lowest BCUT2D eigenvalue weighted by atomic mass is 9.92. The lowest BCUT2D eigenvalue weighted by Gasteiger charge is -2.24. The summed E-state index contributed by atoms with van der Waals surface area (Å²) in [6, 6.07) is -1.13. The molecule has 0 radical (unpaired) electrons. The molecule has 0 spiro atoms. The standard InChI is InChI=1S/C20H34N2O6/c1-11(21-17(27)19(3,4)5)9-13(15(23)24)14(16(25)26)10-12(2)22-18(28)20(6,7)8/h11-12H,9-10H2,1-8H3,(H,21,27)(H,22,28)(H,23,24)(H,25,26)/t11-,12-/m0/s1. The van der Waals surface area contributed by atoms with Crippen LogP contribution in [0.5, 0.6) is 0 Å². The van der Waals surface area contributed by atoms with Crippen molar-refractivity contribution in [1.29, 1.82) is 0 Å². The number of carboxylic acid groups (broad SMARTS) is 2. The van der Waals surface area contributed by atoms with E-state index in [1.807, 2.05) is 0 Å². The number of carboxylic acids is 2. The second kappa shape index (κ2) is 9.71. The molecule has 4 N–H and O–H groups in total. The van der Waals surface area contributed by atoms with E-state index in [9.17, 15) is 29.4 Å². The second-order valence-corrected chi connectivity index (χ2v) is 9.22. The zero-order chi connectivity index (χ0) is 22.4. The number of hydrogen-bond donors (Lipinski definition) is 4. The van der Waals surface area contributed by atoms with E-state index in [2.05, 4.69) is 10.6 Å². The van der Waals surface area contributed by atoms with Crippen molar-refractivity contribution in [3.05, 3.63) is 11.1 Å². The fourth-order valence-corrected chi connectivity index (χ4v) is 2.27. The minimum atomic E-state index is -1.36. The van der Waals surface area contributed by atoms with Gasteiger partial charge in [-0.3, -0.25) is 9.59 Å². The van der Waals surface area contributed by atoms with Crippen LogP contribution in [0.25, 0.3) is 0 Å². The molecule has 0 unspecified atom stereocenters.